The molecule has 2 fully saturated rings. The van der Waals surface area contributed by atoms with Gasteiger partial charge in [0.2, 0.25) is 5.91 Å². The lowest BCUT2D eigenvalue weighted by molar-refractivity contribution is -0.135. The van der Waals surface area contributed by atoms with Crippen LogP contribution >= 0.6 is 24.0 Å². The first-order valence-electron chi connectivity index (χ1n) is 11.8. The Hall–Kier alpha value is -1.39. The maximum Gasteiger partial charge on any atom is 0.239 e. The van der Waals surface area contributed by atoms with Gasteiger partial charge in [0.15, 0.2) is 5.96 Å². The van der Waals surface area contributed by atoms with Gasteiger partial charge in [-0.3, -0.25) is 9.69 Å². The second kappa shape index (κ2) is 13.3. The summed E-state index contributed by atoms with van der Waals surface area (Å²) in [6.45, 7) is 12.1. The van der Waals surface area contributed by atoms with Crippen LogP contribution in [-0.2, 0) is 17.9 Å². The summed E-state index contributed by atoms with van der Waals surface area (Å²) in [6.07, 6.45) is 2.29. The molecular formula is C24H41IN6O. The minimum absolute atomic E-state index is 0. The molecule has 0 aliphatic carbocycles. The van der Waals surface area contributed by atoms with Crippen molar-refractivity contribution in [2.75, 3.05) is 59.9 Å². The van der Waals surface area contributed by atoms with Gasteiger partial charge in [0, 0.05) is 52.4 Å². The van der Waals surface area contributed by atoms with Gasteiger partial charge in [-0.15, -0.1) is 24.0 Å². The number of halogens is 1. The number of carbonyl (C=O) groups excluding carboxylic acids is 1. The zero-order valence-corrected chi connectivity index (χ0v) is 22.5. The van der Waals surface area contributed by atoms with E-state index in [0.717, 1.165) is 71.2 Å². The monoisotopic (exact) mass is 556 g/mol. The third-order valence-electron chi connectivity index (χ3n) is 6.17. The Balaban J connectivity index is 0.00000363. The van der Waals surface area contributed by atoms with Crippen LogP contribution in [0.3, 0.4) is 0 Å². The van der Waals surface area contributed by atoms with Crippen LogP contribution in [0, 0.1) is 0 Å². The summed E-state index contributed by atoms with van der Waals surface area (Å²) >= 11 is 0. The maximum absolute atomic E-state index is 12.7. The maximum atomic E-state index is 12.7. The molecule has 1 atom stereocenters. The highest BCUT2D eigenvalue weighted by Gasteiger charge is 2.30. The molecule has 1 amide bonds. The molecule has 1 aromatic rings. The van der Waals surface area contributed by atoms with Crippen molar-refractivity contribution in [3.8, 4) is 0 Å². The zero-order chi connectivity index (χ0) is 22.2. The summed E-state index contributed by atoms with van der Waals surface area (Å²) < 4.78 is 0. The number of hydrogen-bond donors (Lipinski definition) is 1. The highest BCUT2D eigenvalue weighted by atomic mass is 127. The van der Waals surface area contributed by atoms with Crippen LogP contribution in [0.5, 0.6) is 0 Å². The molecule has 0 aromatic heterocycles. The van der Waals surface area contributed by atoms with Gasteiger partial charge in [-0.1, -0.05) is 24.3 Å². The highest BCUT2D eigenvalue weighted by molar-refractivity contribution is 14.0. The summed E-state index contributed by atoms with van der Waals surface area (Å²) in [5.74, 6) is 1.27. The van der Waals surface area contributed by atoms with E-state index in [9.17, 15) is 4.79 Å². The summed E-state index contributed by atoms with van der Waals surface area (Å²) in [4.78, 5) is 26.5. The Morgan fingerprint density at radius 2 is 1.72 bits per heavy atom. The van der Waals surface area contributed by atoms with Crippen LogP contribution in [0.25, 0.3) is 0 Å². The number of guanidine groups is 1. The summed E-state index contributed by atoms with van der Waals surface area (Å²) in [5.41, 5.74) is 2.55. The summed E-state index contributed by atoms with van der Waals surface area (Å²) in [7, 11) is 4.18. The number of likely N-dealkylation sites (tertiary alicyclic amines) is 1. The van der Waals surface area contributed by atoms with Gasteiger partial charge >= 0.3 is 0 Å². The second-order valence-electron chi connectivity index (χ2n) is 8.96. The van der Waals surface area contributed by atoms with Crippen LogP contribution in [0.4, 0.5) is 0 Å². The molecule has 2 aliphatic rings. The molecule has 3 rings (SSSR count). The van der Waals surface area contributed by atoms with Crippen molar-refractivity contribution in [2.24, 2.45) is 4.99 Å². The lowest BCUT2D eigenvalue weighted by atomic mass is 10.1. The van der Waals surface area contributed by atoms with Crippen molar-refractivity contribution in [2.45, 2.75) is 45.8 Å². The molecule has 0 bridgehead atoms. The quantitative estimate of drug-likeness (QED) is 0.318. The summed E-state index contributed by atoms with van der Waals surface area (Å²) in [5, 5.41) is 3.45. The molecule has 8 heteroatoms. The van der Waals surface area contributed by atoms with Crippen LogP contribution < -0.4 is 5.32 Å². The van der Waals surface area contributed by atoms with Gasteiger partial charge in [-0.2, -0.15) is 0 Å². The number of piperazine rings is 1. The number of nitrogens with one attached hydrogen (secondary N) is 1. The van der Waals surface area contributed by atoms with Crippen molar-refractivity contribution in [1.82, 2.24) is 24.9 Å². The van der Waals surface area contributed by atoms with Crippen molar-refractivity contribution in [3.63, 3.8) is 0 Å². The zero-order valence-electron chi connectivity index (χ0n) is 20.2. The first-order chi connectivity index (χ1) is 15.0. The van der Waals surface area contributed by atoms with Crippen molar-refractivity contribution in [3.05, 3.63) is 35.4 Å². The third-order valence-corrected chi connectivity index (χ3v) is 6.17. The van der Waals surface area contributed by atoms with E-state index in [0.29, 0.717) is 12.5 Å². The van der Waals surface area contributed by atoms with Crippen LogP contribution in [-0.4, -0.2) is 97.4 Å². The van der Waals surface area contributed by atoms with Gasteiger partial charge in [-0.05, 0) is 51.9 Å². The second-order valence-corrected chi connectivity index (χ2v) is 8.96. The number of rotatable bonds is 7. The van der Waals surface area contributed by atoms with E-state index >= 15 is 0 Å². The normalized spacial score (nSPS) is 18.6. The van der Waals surface area contributed by atoms with E-state index in [-0.39, 0.29) is 30.0 Å². The third kappa shape index (κ3) is 7.59. The minimum atomic E-state index is -0.0285. The van der Waals surface area contributed by atoms with Crippen LogP contribution in [0.1, 0.15) is 37.8 Å². The van der Waals surface area contributed by atoms with Crippen molar-refractivity contribution >= 4 is 35.8 Å². The first-order valence-corrected chi connectivity index (χ1v) is 11.8. The largest absolute Gasteiger partial charge is 0.357 e. The number of aliphatic imine (C=N–C) groups is 1. The smallest absolute Gasteiger partial charge is 0.239 e. The van der Waals surface area contributed by atoms with Crippen molar-refractivity contribution < 1.29 is 4.79 Å². The van der Waals surface area contributed by atoms with Gasteiger partial charge in [0.1, 0.15) is 0 Å². The molecule has 1 aromatic carbocycles. The molecule has 0 spiro atoms. The highest BCUT2D eigenvalue weighted by Crippen LogP contribution is 2.14. The Morgan fingerprint density at radius 3 is 2.34 bits per heavy atom. The Labute approximate surface area is 211 Å². The van der Waals surface area contributed by atoms with Crippen LogP contribution in [0.2, 0.25) is 0 Å². The molecule has 7 nitrogen and oxygen atoms in total. The van der Waals surface area contributed by atoms with Crippen molar-refractivity contribution in [1.29, 1.82) is 0 Å². The number of benzene rings is 1. The van der Waals surface area contributed by atoms with E-state index in [4.69, 9.17) is 4.99 Å². The average Bonchev–Trinajstić information content (AvgIpc) is 3.30. The number of hydrogen-bond acceptors (Lipinski definition) is 4. The molecule has 1 unspecified atom stereocenters. The molecule has 0 radical (unpaired) electrons. The topological polar surface area (TPSA) is 54.4 Å². The minimum Gasteiger partial charge on any atom is -0.357 e. The first kappa shape index (κ1) is 26.9. The predicted octanol–water partition coefficient (Wildman–Crippen LogP) is 2.46. The number of carbonyl (C=O) groups is 1. The predicted molar refractivity (Wildman–Crippen MR) is 142 cm³/mol. The average molecular weight is 557 g/mol. The number of amides is 1. The Kier molecular flexibility index (Phi) is 11.2. The molecule has 2 heterocycles. The Bertz CT molecular complexity index is 742. The fraction of sp³-hybridized carbons (Fsp3) is 0.667. The molecular weight excluding hydrogens is 515 g/mol. The van der Waals surface area contributed by atoms with Gasteiger partial charge in [0.25, 0.3) is 0 Å². The van der Waals surface area contributed by atoms with E-state index in [2.05, 4.69) is 72.2 Å². The molecule has 2 aliphatic heterocycles. The molecule has 2 saturated heterocycles. The molecule has 1 N–H and O–H groups in total. The molecule has 0 saturated carbocycles. The van der Waals surface area contributed by atoms with Gasteiger partial charge in [0.05, 0.1) is 12.6 Å². The number of nitrogens with zero attached hydrogens (tertiary/aromatic N) is 5. The van der Waals surface area contributed by atoms with E-state index < -0.39 is 0 Å². The lowest BCUT2D eigenvalue weighted by Gasteiger charge is -2.39. The lowest BCUT2D eigenvalue weighted by Crippen LogP contribution is -2.57. The fourth-order valence-corrected chi connectivity index (χ4v) is 4.46. The fourth-order valence-electron chi connectivity index (χ4n) is 4.46. The van der Waals surface area contributed by atoms with E-state index in [1.54, 1.807) is 0 Å². The SMILES string of the molecule is CCNC(=NCc1cccc(CN(C)C)c1)N1CCN(C(C)C(=O)N2CCCC2)CC1.I. The summed E-state index contributed by atoms with van der Waals surface area (Å²) in [6, 6.07) is 8.65. The van der Waals surface area contributed by atoms with E-state index in [1.807, 2.05) is 4.90 Å². The van der Waals surface area contributed by atoms with E-state index in [1.165, 1.54) is 11.1 Å². The molecule has 180 valence electrons. The standard InChI is InChI=1S/C24H40N6O.HI/c1-5-25-24(26-18-21-9-8-10-22(17-21)19-27(3)4)30-15-13-28(14-16-30)20(2)23(31)29-11-6-7-12-29;/h8-10,17,20H,5-7,11-16,18-19H2,1-4H3,(H,25,26);1H. The molecule has 32 heavy (non-hydrogen) atoms. The van der Waals surface area contributed by atoms with Gasteiger partial charge in [-0.25, -0.2) is 4.99 Å². The van der Waals surface area contributed by atoms with Crippen LogP contribution in [0.15, 0.2) is 29.3 Å². The van der Waals surface area contributed by atoms with Gasteiger partial charge < -0.3 is 20.0 Å². The Morgan fingerprint density at radius 1 is 1.06 bits per heavy atom.